The summed E-state index contributed by atoms with van der Waals surface area (Å²) < 4.78 is 3.38. The van der Waals surface area contributed by atoms with E-state index in [1.807, 2.05) is 72.2 Å². The van der Waals surface area contributed by atoms with E-state index >= 15 is 0 Å². The van der Waals surface area contributed by atoms with E-state index in [-0.39, 0.29) is 18.2 Å². The Bertz CT molecular complexity index is 1200. The van der Waals surface area contributed by atoms with Gasteiger partial charge in [0.1, 0.15) is 5.82 Å². The molecule has 1 atom stereocenters. The number of fused-ring (bicyclic) bond motifs is 1. The van der Waals surface area contributed by atoms with Crippen LogP contribution in [-0.2, 0) is 20.0 Å². The molecule has 0 radical (unpaired) electrons. The number of nitrogens with zero attached hydrogens (tertiary/aromatic N) is 4. The number of aryl methyl sites for hydroxylation is 1. The average Bonchev–Trinajstić information content (AvgIpc) is 3.07. The highest BCUT2D eigenvalue weighted by Gasteiger charge is 2.18. The standard InChI is InChI=1S/C23H25N5O2/c1-16-24-21-20(28(16)14-18-11-7-4-8-12-18)22(30)27(2)23(26-21)25-19(15-29)13-17-9-5-3-6-10-17/h3-12,19,29H,13-15H2,1-2H3,(H,25,26)/t19-/m1/s1. The van der Waals surface area contributed by atoms with Crippen molar-refractivity contribution in [3.63, 3.8) is 0 Å². The third-order valence-corrected chi connectivity index (χ3v) is 5.24. The third kappa shape index (κ3) is 3.97. The van der Waals surface area contributed by atoms with Crippen molar-refractivity contribution in [2.75, 3.05) is 11.9 Å². The van der Waals surface area contributed by atoms with E-state index in [1.54, 1.807) is 7.05 Å². The quantitative estimate of drug-likeness (QED) is 0.495. The molecule has 0 aliphatic heterocycles. The van der Waals surface area contributed by atoms with Gasteiger partial charge in [-0.3, -0.25) is 9.36 Å². The minimum Gasteiger partial charge on any atom is -0.394 e. The van der Waals surface area contributed by atoms with Crippen LogP contribution in [0.4, 0.5) is 5.95 Å². The second-order valence-electron chi connectivity index (χ2n) is 7.42. The van der Waals surface area contributed by atoms with Crippen LogP contribution in [0.25, 0.3) is 11.2 Å². The Labute approximate surface area is 174 Å². The predicted molar refractivity (Wildman–Crippen MR) is 118 cm³/mol. The van der Waals surface area contributed by atoms with Gasteiger partial charge in [-0.05, 0) is 24.5 Å². The maximum Gasteiger partial charge on any atom is 0.280 e. The van der Waals surface area contributed by atoms with Crippen molar-refractivity contribution in [2.45, 2.75) is 25.9 Å². The summed E-state index contributed by atoms with van der Waals surface area (Å²) in [5.41, 5.74) is 2.90. The summed E-state index contributed by atoms with van der Waals surface area (Å²) in [7, 11) is 1.68. The SMILES string of the molecule is Cc1nc2nc(N[C@@H](CO)Cc3ccccc3)n(C)c(=O)c2n1Cc1ccccc1. The summed E-state index contributed by atoms with van der Waals surface area (Å²) >= 11 is 0. The average molecular weight is 403 g/mol. The number of nitrogens with one attached hydrogen (secondary N) is 1. The summed E-state index contributed by atoms with van der Waals surface area (Å²) in [4.78, 5) is 22.3. The Hall–Kier alpha value is -3.45. The lowest BCUT2D eigenvalue weighted by atomic mass is 10.1. The molecule has 4 rings (SSSR count). The third-order valence-electron chi connectivity index (χ3n) is 5.24. The van der Waals surface area contributed by atoms with E-state index in [2.05, 4.69) is 15.3 Å². The first kappa shape index (κ1) is 19.8. The van der Waals surface area contributed by atoms with Crippen LogP contribution in [0.3, 0.4) is 0 Å². The van der Waals surface area contributed by atoms with E-state index in [0.717, 1.165) is 17.0 Å². The van der Waals surface area contributed by atoms with E-state index in [9.17, 15) is 9.90 Å². The topological polar surface area (TPSA) is 85.0 Å². The summed E-state index contributed by atoms with van der Waals surface area (Å²) in [6.07, 6.45) is 0.618. The van der Waals surface area contributed by atoms with Crippen LogP contribution in [-0.4, -0.2) is 36.9 Å². The Morgan fingerprint density at radius 3 is 2.27 bits per heavy atom. The Balaban J connectivity index is 1.67. The molecule has 0 saturated carbocycles. The van der Waals surface area contributed by atoms with Gasteiger partial charge in [0.05, 0.1) is 12.6 Å². The number of aromatic nitrogens is 4. The van der Waals surface area contributed by atoms with E-state index < -0.39 is 0 Å². The number of aliphatic hydroxyl groups excluding tert-OH is 1. The molecule has 4 aromatic rings. The highest BCUT2D eigenvalue weighted by atomic mass is 16.3. The van der Waals surface area contributed by atoms with Crippen molar-refractivity contribution in [3.05, 3.63) is 88.0 Å². The van der Waals surface area contributed by atoms with Crippen molar-refractivity contribution in [3.8, 4) is 0 Å². The van der Waals surface area contributed by atoms with Crippen LogP contribution >= 0.6 is 0 Å². The second-order valence-corrected chi connectivity index (χ2v) is 7.42. The minimum atomic E-state index is -0.268. The molecule has 0 spiro atoms. The number of rotatable bonds is 7. The molecule has 0 saturated heterocycles. The number of benzene rings is 2. The molecule has 30 heavy (non-hydrogen) atoms. The minimum absolute atomic E-state index is 0.0791. The lowest BCUT2D eigenvalue weighted by molar-refractivity contribution is 0.273. The van der Waals surface area contributed by atoms with Gasteiger partial charge in [0.15, 0.2) is 11.2 Å². The molecule has 7 nitrogen and oxygen atoms in total. The van der Waals surface area contributed by atoms with Crippen LogP contribution in [0, 0.1) is 6.92 Å². The molecule has 0 bridgehead atoms. The van der Waals surface area contributed by atoms with Gasteiger partial charge in [-0.2, -0.15) is 4.98 Å². The summed E-state index contributed by atoms with van der Waals surface area (Å²) in [5.74, 6) is 1.13. The van der Waals surface area contributed by atoms with Crippen molar-refractivity contribution in [2.24, 2.45) is 7.05 Å². The molecule has 0 unspecified atom stereocenters. The van der Waals surface area contributed by atoms with Crippen LogP contribution in [0.5, 0.6) is 0 Å². The fraction of sp³-hybridized carbons (Fsp3) is 0.261. The molecule has 2 aromatic heterocycles. The van der Waals surface area contributed by atoms with Gasteiger partial charge in [0.25, 0.3) is 5.56 Å². The zero-order valence-electron chi connectivity index (χ0n) is 17.1. The fourth-order valence-electron chi connectivity index (χ4n) is 3.60. The maximum atomic E-state index is 13.2. The van der Waals surface area contributed by atoms with Crippen molar-refractivity contribution in [1.29, 1.82) is 0 Å². The highest BCUT2D eigenvalue weighted by Crippen LogP contribution is 2.16. The van der Waals surface area contributed by atoms with E-state index in [1.165, 1.54) is 4.57 Å². The number of anilines is 1. The Morgan fingerprint density at radius 1 is 1.00 bits per heavy atom. The normalized spacial score (nSPS) is 12.2. The molecular formula is C23H25N5O2. The largest absolute Gasteiger partial charge is 0.394 e. The number of imidazole rings is 1. The molecular weight excluding hydrogens is 378 g/mol. The Morgan fingerprint density at radius 2 is 1.63 bits per heavy atom. The lowest BCUT2D eigenvalue weighted by Gasteiger charge is -2.18. The first-order valence-corrected chi connectivity index (χ1v) is 9.96. The summed E-state index contributed by atoms with van der Waals surface area (Å²) in [6, 6.07) is 19.6. The number of hydrogen-bond donors (Lipinski definition) is 2. The van der Waals surface area contributed by atoms with Gasteiger partial charge in [-0.15, -0.1) is 0 Å². The van der Waals surface area contributed by atoms with Crippen molar-refractivity contribution < 1.29 is 5.11 Å². The molecule has 0 aliphatic rings. The van der Waals surface area contributed by atoms with Gasteiger partial charge >= 0.3 is 0 Å². The van der Waals surface area contributed by atoms with E-state index in [4.69, 9.17) is 0 Å². The molecule has 2 heterocycles. The van der Waals surface area contributed by atoms with Crippen LogP contribution < -0.4 is 10.9 Å². The molecule has 154 valence electrons. The predicted octanol–water partition coefficient (Wildman–Crippen LogP) is 2.50. The van der Waals surface area contributed by atoms with Crippen molar-refractivity contribution in [1.82, 2.24) is 19.1 Å². The first-order valence-electron chi connectivity index (χ1n) is 9.96. The zero-order chi connectivity index (χ0) is 21.1. The fourth-order valence-corrected chi connectivity index (χ4v) is 3.60. The molecule has 2 aromatic carbocycles. The molecule has 0 aliphatic carbocycles. The first-order chi connectivity index (χ1) is 14.6. The molecule has 0 amide bonds. The smallest absolute Gasteiger partial charge is 0.280 e. The van der Waals surface area contributed by atoms with Gasteiger partial charge in [-0.25, -0.2) is 4.98 Å². The number of aliphatic hydroxyl groups is 1. The van der Waals surface area contributed by atoms with Gasteiger partial charge < -0.3 is 15.0 Å². The lowest BCUT2D eigenvalue weighted by Crippen LogP contribution is -2.32. The zero-order valence-corrected chi connectivity index (χ0v) is 17.1. The van der Waals surface area contributed by atoms with Crippen LogP contribution in [0.2, 0.25) is 0 Å². The highest BCUT2D eigenvalue weighted by molar-refractivity contribution is 5.72. The van der Waals surface area contributed by atoms with Crippen molar-refractivity contribution >= 4 is 17.1 Å². The summed E-state index contributed by atoms with van der Waals surface area (Å²) in [6.45, 7) is 2.35. The molecule has 2 N–H and O–H groups in total. The van der Waals surface area contributed by atoms with Gasteiger partial charge in [-0.1, -0.05) is 60.7 Å². The molecule has 0 fully saturated rings. The Kier molecular flexibility index (Phi) is 5.63. The van der Waals surface area contributed by atoms with Crippen LogP contribution in [0.1, 0.15) is 17.0 Å². The van der Waals surface area contributed by atoms with Gasteiger partial charge in [0, 0.05) is 13.6 Å². The number of hydrogen-bond acceptors (Lipinski definition) is 5. The van der Waals surface area contributed by atoms with Crippen LogP contribution in [0.15, 0.2) is 65.5 Å². The van der Waals surface area contributed by atoms with E-state index in [0.29, 0.717) is 30.1 Å². The second kappa shape index (κ2) is 8.51. The summed E-state index contributed by atoms with van der Waals surface area (Å²) in [5, 5.41) is 13.0. The monoisotopic (exact) mass is 403 g/mol. The molecule has 7 heteroatoms. The van der Waals surface area contributed by atoms with Gasteiger partial charge in [0.2, 0.25) is 5.95 Å². The maximum absolute atomic E-state index is 13.2.